The monoisotopic (exact) mass is 588 g/mol. The molecular weight excluding hydrogens is 544 g/mol. The summed E-state index contributed by atoms with van der Waals surface area (Å²) in [6.45, 7) is 8.20. The summed E-state index contributed by atoms with van der Waals surface area (Å²) < 4.78 is 33.8. The number of nitriles is 1. The fraction of sp³-hybridized carbons (Fsp3) is 0.581. The third kappa shape index (κ3) is 7.29. The highest BCUT2D eigenvalue weighted by atomic mass is 16.6. The number of methoxy groups -OCH3 is 4. The quantitative estimate of drug-likeness (QED) is 0.179. The topological polar surface area (TPSA) is 143 Å². The number of benzene rings is 2. The molecule has 11 nitrogen and oxygen atoms in total. The molecule has 1 N–H and O–H groups in total. The lowest BCUT2D eigenvalue weighted by atomic mass is 9.67. The second-order valence-electron chi connectivity index (χ2n) is 9.93. The maximum absolute atomic E-state index is 12.1. The molecule has 2 aromatic carbocycles. The van der Waals surface area contributed by atoms with E-state index in [1.165, 1.54) is 28.4 Å². The van der Waals surface area contributed by atoms with Gasteiger partial charge in [-0.3, -0.25) is 10.1 Å². The second-order valence-corrected chi connectivity index (χ2v) is 9.93. The molecule has 2 aromatic rings. The predicted octanol–water partition coefficient (Wildman–Crippen LogP) is 5.35. The van der Waals surface area contributed by atoms with Gasteiger partial charge in [0.1, 0.15) is 6.10 Å². The van der Waals surface area contributed by atoms with Crippen LogP contribution in [-0.2, 0) is 11.8 Å². The van der Waals surface area contributed by atoms with Crippen molar-refractivity contribution < 1.29 is 38.5 Å². The Labute approximate surface area is 248 Å². The number of ether oxygens (including phenoxy) is 6. The molecule has 0 saturated carbocycles. The Morgan fingerprint density at radius 1 is 0.929 bits per heavy atom. The van der Waals surface area contributed by atoms with Crippen molar-refractivity contribution in [3.63, 3.8) is 0 Å². The number of nitro groups is 1. The van der Waals surface area contributed by atoms with Gasteiger partial charge in [0.2, 0.25) is 17.5 Å². The molecule has 42 heavy (non-hydrogen) atoms. The van der Waals surface area contributed by atoms with Crippen LogP contribution >= 0.6 is 0 Å². The van der Waals surface area contributed by atoms with E-state index in [-0.39, 0.29) is 25.2 Å². The zero-order valence-electron chi connectivity index (χ0n) is 25.9. The van der Waals surface area contributed by atoms with Gasteiger partial charge in [-0.2, -0.15) is 5.26 Å². The van der Waals surface area contributed by atoms with Crippen molar-refractivity contribution in [3.8, 4) is 40.6 Å². The summed E-state index contributed by atoms with van der Waals surface area (Å²) in [4.78, 5) is 11.7. The normalized spacial score (nSPS) is 14.5. The summed E-state index contributed by atoms with van der Waals surface area (Å²) in [5, 5.41) is 34.1. The summed E-state index contributed by atoms with van der Waals surface area (Å²) in [7, 11) is 5.97. The van der Waals surface area contributed by atoms with Crippen LogP contribution < -0.4 is 28.4 Å². The maximum Gasteiger partial charge on any atom is 0.242 e. The van der Waals surface area contributed by atoms with Gasteiger partial charge in [-0.05, 0) is 56.4 Å². The van der Waals surface area contributed by atoms with E-state index in [4.69, 9.17) is 28.4 Å². The first-order valence-corrected chi connectivity index (χ1v) is 14.1. The van der Waals surface area contributed by atoms with E-state index in [0.29, 0.717) is 65.3 Å². The Morgan fingerprint density at radius 3 is 2.07 bits per heavy atom. The van der Waals surface area contributed by atoms with Crippen molar-refractivity contribution in [2.45, 2.75) is 70.9 Å². The van der Waals surface area contributed by atoms with Gasteiger partial charge in [-0.25, -0.2) is 0 Å². The SMILES string of the molecule is CCOc1cc(C(C#N)(CCC(O)C(Cc2ccc(OC)c(OC)c2)[N+](=O)[O-])C(C)CC)c(OCC)c(OC)c1OC. The van der Waals surface area contributed by atoms with E-state index in [1.54, 1.807) is 24.3 Å². The van der Waals surface area contributed by atoms with Gasteiger partial charge >= 0.3 is 0 Å². The van der Waals surface area contributed by atoms with Crippen LogP contribution in [0.4, 0.5) is 0 Å². The first kappa shape index (κ1) is 34.3. The van der Waals surface area contributed by atoms with E-state index in [2.05, 4.69) is 6.07 Å². The third-order valence-corrected chi connectivity index (χ3v) is 7.73. The minimum absolute atomic E-state index is 0.0132. The second kappa shape index (κ2) is 15.9. The average Bonchev–Trinajstić information content (AvgIpc) is 3.00. The predicted molar refractivity (Wildman–Crippen MR) is 158 cm³/mol. The number of aliphatic hydroxyl groups excluding tert-OH is 1. The molecule has 4 unspecified atom stereocenters. The van der Waals surface area contributed by atoms with Crippen LogP contribution in [0.15, 0.2) is 24.3 Å². The minimum Gasteiger partial charge on any atom is -0.493 e. The van der Waals surface area contributed by atoms with Gasteiger partial charge in [-0.1, -0.05) is 26.3 Å². The molecule has 0 aromatic heterocycles. The fourth-order valence-corrected chi connectivity index (χ4v) is 5.25. The van der Waals surface area contributed by atoms with Gasteiger partial charge in [0.15, 0.2) is 23.0 Å². The van der Waals surface area contributed by atoms with E-state index >= 15 is 0 Å². The van der Waals surface area contributed by atoms with E-state index in [9.17, 15) is 20.5 Å². The van der Waals surface area contributed by atoms with Gasteiger partial charge < -0.3 is 33.5 Å². The molecule has 2 rings (SSSR count). The van der Waals surface area contributed by atoms with Gasteiger partial charge in [0, 0.05) is 16.9 Å². The lowest BCUT2D eigenvalue weighted by Gasteiger charge is -2.36. The standard InChI is InChI=1S/C31H44N2O9/c1-9-20(4)31(19-32,22-18-27(41-10-2)29(39-7)30(40-8)28(22)42-11-3)15-14-24(34)23(33(35)36)16-21-12-13-25(37-5)26(17-21)38-6/h12-13,17-18,20,23-24,34H,9-11,14-16H2,1-8H3. The van der Waals surface area contributed by atoms with Crippen molar-refractivity contribution in [2.75, 3.05) is 41.7 Å². The first-order valence-electron chi connectivity index (χ1n) is 14.1. The summed E-state index contributed by atoms with van der Waals surface area (Å²) in [5.74, 6) is 2.07. The highest BCUT2D eigenvalue weighted by Crippen LogP contribution is 2.53. The molecule has 0 saturated heterocycles. The van der Waals surface area contributed by atoms with Gasteiger partial charge in [-0.15, -0.1) is 0 Å². The van der Waals surface area contributed by atoms with Crippen LogP contribution in [0.2, 0.25) is 0 Å². The highest BCUT2D eigenvalue weighted by molar-refractivity contribution is 5.65. The van der Waals surface area contributed by atoms with Gasteiger partial charge in [0.05, 0.1) is 53.1 Å². The van der Waals surface area contributed by atoms with Gasteiger partial charge in [0.25, 0.3) is 0 Å². The highest BCUT2D eigenvalue weighted by Gasteiger charge is 2.44. The molecule has 0 aliphatic rings. The molecule has 0 aliphatic heterocycles. The van der Waals surface area contributed by atoms with Crippen LogP contribution in [0.5, 0.6) is 34.5 Å². The smallest absolute Gasteiger partial charge is 0.242 e. The van der Waals surface area contributed by atoms with Crippen molar-refractivity contribution in [3.05, 3.63) is 45.5 Å². The zero-order chi connectivity index (χ0) is 31.4. The number of rotatable bonds is 18. The number of aliphatic hydroxyl groups is 1. The van der Waals surface area contributed by atoms with Crippen molar-refractivity contribution in [1.82, 2.24) is 0 Å². The van der Waals surface area contributed by atoms with Crippen molar-refractivity contribution >= 4 is 0 Å². The largest absolute Gasteiger partial charge is 0.493 e. The molecule has 11 heteroatoms. The minimum atomic E-state index is -1.34. The molecule has 4 atom stereocenters. The van der Waals surface area contributed by atoms with Crippen molar-refractivity contribution in [1.29, 1.82) is 5.26 Å². The number of hydrogen-bond donors (Lipinski definition) is 1. The Bertz CT molecular complexity index is 1230. The molecule has 0 radical (unpaired) electrons. The Hall–Kier alpha value is -3.91. The molecule has 0 spiro atoms. The third-order valence-electron chi connectivity index (χ3n) is 7.73. The lowest BCUT2D eigenvalue weighted by Crippen LogP contribution is -2.39. The van der Waals surface area contributed by atoms with Crippen LogP contribution in [0.3, 0.4) is 0 Å². The molecule has 0 aliphatic carbocycles. The molecule has 0 bridgehead atoms. The van der Waals surface area contributed by atoms with Crippen LogP contribution in [0, 0.1) is 27.4 Å². The van der Waals surface area contributed by atoms with Crippen LogP contribution in [0.25, 0.3) is 0 Å². The van der Waals surface area contributed by atoms with Crippen molar-refractivity contribution in [2.24, 2.45) is 5.92 Å². The first-order chi connectivity index (χ1) is 20.1. The molecule has 0 heterocycles. The maximum atomic E-state index is 12.1. The van der Waals surface area contributed by atoms with E-state index in [0.717, 1.165) is 0 Å². The number of nitrogens with zero attached hydrogens (tertiary/aromatic N) is 2. The summed E-state index contributed by atoms with van der Waals surface area (Å²) in [6.07, 6.45) is -0.644. The Morgan fingerprint density at radius 2 is 1.57 bits per heavy atom. The van der Waals surface area contributed by atoms with E-state index < -0.39 is 22.5 Å². The summed E-state index contributed by atoms with van der Waals surface area (Å²) in [6, 6.07) is 7.95. The Kier molecular flexibility index (Phi) is 13.0. The summed E-state index contributed by atoms with van der Waals surface area (Å²) in [5.41, 5.74) is -0.0652. The lowest BCUT2D eigenvalue weighted by molar-refractivity contribution is -0.534. The zero-order valence-corrected chi connectivity index (χ0v) is 25.9. The molecular formula is C31H44N2O9. The number of hydrogen-bond acceptors (Lipinski definition) is 10. The van der Waals surface area contributed by atoms with E-state index in [1.807, 2.05) is 27.7 Å². The Balaban J connectivity index is 2.58. The molecule has 0 fully saturated rings. The molecule has 0 amide bonds. The van der Waals surface area contributed by atoms with Crippen LogP contribution in [0.1, 0.15) is 58.1 Å². The fourth-order valence-electron chi connectivity index (χ4n) is 5.25. The summed E-state index contributed by atoms with van der Waals surface area (Å²) >= 11 is 0. The van der Waals surface area contributed by atoms with Crippen LogP contribution in [-0.4, -0.2) is 63.8 Å². The average molecular weight is 589 g/mol. The molecule has 232 valence electrons.